The molecule has 26 heavy (non-hydrogen) atoms. The molecule has 0 saturated carbocycles. The van der Waals surface area contributed by atoms with Gasteiger partial charge in [-0.15, -0.1) is 11.8 Å². The summed E-state index contributed by atoms with van der Waals surface area (Å²) in [5.41, 5.74) is 2.67. The van der Waals surface area contributed by atoms with E-state index in [1.165, 1.54) is 0 Å². The van der Waals surface area contributed by atoms with E-state index in [0.717, 1.165) is 11.3 Å². The fourth-order valence-electron chi connectivity index (χ4n) is 2.35. The highest BCUT2D eigenvalue weighted by Gasteiger charge is 2.15. The average Bonchev–Trinajstić information content (AvgIpc) is 2.65. The lowest BCUT2D eigenvalue weighted by Gasteiger charge is -2.14. The summed E-state index contributed by atoms with van der Waals surface area (Å²) in [5.74, 6) is 0.615. The van der Waals surface area contributed by atoms with E-state index in [2.05, 4.69) is 10.6 Å². The molecule has 7 heteroatoms. The molecular formula is C19H17ClN2O3S. The zero-order valence-corrected chi connectivity index (χ0v) is 15.6. The highest BCUT2D eigenvalue weighted by atomic mass is 35.5. The van der Waals surface area contributed by atoms with E-state index in [9.17, 15) is 9.59 Å². The molecule has 2 aromatic carbocycles. The maximum atomic E-state index is 12.4. The summed E-state index contributed by atoms with van der Waals surface area (Å²) in [5, 5.41) is 7.92. The van der Waals surface area contributed by atoms with Crippen molar-refractivity contribution in [3.05, 3.63) is 69.8 Å². The molecule has 2 aromatic rings. The predicted molar refractivity (Wildman–Crippen MR) is 106 cm³/mol. The Morgan fingerprint density at radius 3 is 2.50 bits per heavy atom. The van der Waals surface area contributed by atoms with E-state index in [1.54, 1.807) is 59.6 Å². The molecule has 0 unspecified atom stereocenters. The Morgan fingerprint density at radius 1 is 1.08 bits per heavy atom. The van der Waals surface area contributed by atoms with Crippen molar-refractivity contribution < 1.29 is 14.3 Å². The molecule has 1 aliphatic rings. The van der Waals surface area contributed by atoms with Crippen molar-refractivity contribution in [2.45, 2.75) is 6.92 Å². The lowest BCUT2D eigenvalue weighted by molar-refractivity contribution is -0.116. The summed E-state index contributed by atoms with van der Waals surface area (Å²) in [4.78, 5) is 24.5. The number of ether oxygens (including phenoxy) is 1. The topological polar surface area (TPSA) is 67.4 Å². The van der Waals surface area contributed by atoms with Crippen molar-refractivity contribution in [3.8, 4) is 0 Å². The zero-order valence-electron chi connectivity index (χ0n) is 14.0. The number of hydrogen-bond acceptors (Lipinski definition) is 4. The molecule has 0 atom stereocenters. The van der Waals surface area contributed by atoms with Crippen molar-refractivity contribution in [2.75, 3.05) is 23.0 Å². The number of aryl methyl sites for hydroxylation is 1. The van der Waals surface area contributed by atoms with Crippen LogP contribution in [0.1, 0.15) is 15.9 Å². The van der Waals surface area contributed by atoms with Crippen LogP contribution in [0, 0.1) is 6.92 Å². The summed E-state index contributed by atoms with van der Waals surface area (Å²) in [6, 6.07) is 11.9. The van der Waals surface area contributed by atoms with Gasteiger partial charge in [0, 0.05) is 33.1 Å². The first kappa shape index (κ1) is 18.4. The van der Waals surface area contributed by atoms with Crippen LogP contribution >= 0.6 is 23.4 Å². The van der Waals surface area contributed by atoms with Gasteiger partial charge in [0.25, 0.3) is 11.8 Å². The van der Waals surface area contributed by atoms with Gasteiger partial charge in [-0.25, -0.2) is 0 Å². The molecule has 2 N–H and O–H groups in total. The van der Waals surface area contributed by atoms with Gasteiger partial charge in [-0.3, -0.25) is 9.59 Å². The van der Waals surface area contributed by atoms with Gasteiger partial charge in [-0.2, -0.15) is 0 Å². The van der Waals surface area contributed by atoms with Gasteiger partial charge in [-0.1, -0.05) is 11.6 Å². The Hall–Kier alpha value is -2.44. The van der Waals surface area contributed by atoms with Crippen LogP contribution < -0.4 is 10.6 Å². The maximum Gasteiger partial charge on any atom is 0.291 e. The maximum absolute atomic E-state index is 12.4. The minimum atomic E-state index is -0.300. The van der Waals surface area contributed by atoms with Gasteiger partial charge < -0.3 is 15.4 Å². The second-order valence-electron chi connectivity index (χ2n) is 5.65. The fraction of sp³-hybridized carbons (Fsp3) is 0.158. The first-order valence-electron chi connectivity index (χ1n) is 7.96. The van der Waals surface area contributed by atoms with Crippen molar-refractivity contribution in [2.24, 2.45) is 0 Å². The molecule has 3 rings (SSSR count). The van der Waals surface area contributed by atoms with Crippen molar-refractivity contribution >= 4 is 46.6 Å². The first-order chi connectivity index (χ1) is 12.5. The van der Waals surface area contributed by atoms with Crippen LogP contribution in [0.4, 0.5) is 11.4 Å². The van der Waals surface area contributed by atoms with Crippen molar-refractivity contribution in [1.29, 1.82) is 0 Å². The van der Waals surface area contributed by atoms with Crippen LogP contribution in [0.25, 0.3) is 0 Å². The second-order valence-corrected chi connectivity index (χ2v) is 7.06. The molecule has 0 bridgehead atoms. The summed E-state index contributed by atoms with van der Waals surface area (Å²) in [7, 11) is 0. The number of anilines is 2. The van der Waals surface area contributed by atoms with Crippen LogP contribution in [0.3, 0.4) is 0 Å². The SMILES string of the molecule is Cc1cc(Cl)ccc1NC(=O)c1ccc(NC(=O)C2=CSCCO2)cc1. The molecule has 1 heterocycles. The molecule has 0 fully saturated rings. The van der Waals surface area contributed by atoms with Gasteiger partial charge in [0.1, 0.15) is 0 Å². The smallest absolute Gasteiger partial charge is 0.291 e. The molecule has 0 aromatic heterocycles. The van der Waals surface area contributed by atoms with Crippen LogP contribution in [-0.4, -0.2) is 24.2 Å². The minimum absolute atomic E-state index is 0.233. The Labute approximate surface area is 160 Å². The quantitative estimate of drug-likeness (QED) is 0.812. The number of halogens is 1. The number of hydrogen-bond donors (Lipinski definition) is 2. The van der Waals surface area contributed by atoms with E-state index in [0.29, 0.717) is 34.3 Å². The normalized spacial score (nSPS) is 13.4. The number of amides is 2. The Bertz CT molecular complexity index is 866. The van der Waals surface area contributed by atoms with Gasteiger partial charge in [-0.05, 0) is 55.0 Å². The van der Waals surface area contributed by atoms with Gasteiger partial charge in [0.05, 0.1) is 6.61 Å². The fourth-order valence-corrected chi connectivity index (χ4v) is 3.20. The summed E-state index contributed by atoms with van der Waals surface area (Å²) < 4.78 is 5.31. The number of benzene rings is 2. The van der Waals surface area contributed by atoms with Crippen LogP contribution in [0.15, 0.2) is 53.6 Å². The third-order valence-electron chi connectivity index (χ3n) is 3.71. The van der Waals surface area contributed by atoms with Gasteiger partial charge in [0.2, 0.25) is 0 Å². The number of nitrogens with one attached hydrogen (secondary N) is 2. The summed E-state index contributed by atoms with van der Waals surface area (Å²) in [6.45, 7) is 2.40. The van der Waals surface area contributed by atoms with Gasteiger partial charge in [0.15, 0.2) is 5.76 Å². The molecule has 1 aliphatic heterocycles. The molecule has 2 amide bonds. The molecule has 0 saturated heterocycles. The van der Waals surface area contributed by atoms with Crippen LogP contribution in [-0.2, 0) is 9.53 Å². The standard InChI is InChI=1S/C19H17ClN2O3S/c1-12-10-14(20)4-7-16(12)22-18(23)13-2-5-15(6-3-13)21-19(24)17-11-26-9-8-25-17/h2-7,10-11H,8-9H2,1H3,(H,21,24)(H,22,23). The molecular weight excluding hydrogens is 372 g/mol. The second kappa shape index (κ2) is 8.29. The largest absolute Gasteiger partial charge is 0.487 e. The van der Waals surface area contributed by atoms with E-state index >= 15 is 0 Å². The van der Waals surface area contributed by atoms with E-state index in [1.807, 2.05) is 6.92 Å². The van der Waals surface area contributed by atoms with Crippen LogP contribution in [0.2, 0.25) is 5.02 Å². The predicted octanol–water partition coefficient (Wildman–Crippen LogP) is 4.44. The minimum Gasteiger partial charge on any atom is -0.487 e. The summed E-state index contributed by atoms with van der Waals surface area (Å²) in [6.07, 6.45) is 0. The highest BCUT2D eigenvalue weighted by Crippen LogP contribution is 2.21. The number of carbonyl (C=O) groups excluding carboxylic acids is 2. The number of thioether (sulfide) groups is 1. The Balaban J connectivity index is 1.64. The number of carbonyl (C=O) groups is 2. The summed E-state index contributed by atoms with van der Waals surface area (Å²) >= 11 is 7.47. The lowest BCUT2D eigenvalue weighted by atomic mass is 10.1. The number of rotatable bonds is 4. The van der Waals surface area contributed by atoms with Gasteiger partial charge >= 0.3 is 0 Å². The highest BCUT2D eigenvalue weighted by molar-refractivity contribution is 8.02. The molecule has 0 aliphatic carbocycles. The van der Waals surface area contributed by atoms with E-state index < -0.39 is 0 Å². The lowest BCUT2D eigenvalue weighted by Crippen LogP contribution is -2.19. The molecule has 134 valence electrons. The van der Waals surface area contributed by atoms with E-state index in [-0.39, 0.29) is 11.8 Å². The first-order valence-corrected chi connectivity index (χ1v) is 9.39. The third kappa shape index (κ3) is 4.59. The Kier molecular flexibility index (Phi) is 5.85. The van der Waals surface area contributed by atoms with Crippen LogP contribution in [0.5, 0.6) is 0 Å². The molecule has 0 radical (unpaired) electrons. The van der Waals surface area contributed by atoms with Crippen molar-refractivity contribution in [1.82, 2.24) is 0 Å². The molecule has 5 nitrogen and oxygen atoms in total. The molecule has 0 spiro atoms. The Morgan fingerprint density at radius 2 is 1.85 bits per heavy atom. The van der Waals surface area contributed by atoms with E-state index in [4.69, 9.17) is 16.3 Å². The monoisotopic (exact) mass is 388 g/mol. The zero-order chi connectivity index (χ0) is 18.5. The third-order valence-corrected chi connectivity index (χ3v) is 4.73. The van der Waals surface area contributed by atoms with Crippen molar-refractivity contribution in [3.63, 3.8) is 0 Å². The average molecular weight is 389 g/mol.